The third-order valence-electron chi connectivity index (χ3n) is 5.82. The number of thiazole rings is 1. The molecule has 4 heterocycles. The predicted molar refractivity (Wildman–Crippen MR) is 122 cm³/mol. The van der Waals surface area contributed by atoms with E-state index in [0.717, 1.165) is 9.88 Å². The Morgan fingerprint density at radius 3 is 2.82 bits per heavy atom. The molecule has 0 bridgehead atoms. The minimum Gasteiger partial charge on any atom is -0.368 e. The van der Waals surface area contributed by atoms with E-state index in [1.54, 1.807) is 17.5 Å². The van der Waals surface area contributed by atoms with Gasteiger partial charge in [0.25, 0.3) is 5.91 Å². The highest BCUT2D eigenvalue weighted by Crippen LogP contribution is 2.29. The fourth-order valence-electron chi connectivity index (χ4n) is 4.22. The van der Waals surface area contributed by atoms with Crippen molar-refractivity contribution in [3.8, 4) is 9.88 Å². The van der Waals surface area contributed by atoms with E-state index < -0.39 is 18.0 Å². The molecule has 2 aliphatic rings. The summed E-state index contributed by atoms with van der Waals surface area (Å²) in [6, 6.07) is 8.08. The van der Waals surface area contributed by atoms with Crippen molar-refractivity contribution >= 4 is 40.3 Å². The van der Waals surface area contributed by atoms with Crippen LogP contribution in [0.15, 0.2) is 47.2 Å². The lowest BCUT2D eigenvalue weighted by Gasteiger charge is -2.27. The molecule has 2 aromatic heterocycles. The molecule has 33 heavy (non-hydrogen) atoms. The van der Waals surface area contributed by atoms with E-state index in [-0.39, 0.29) is 42.3 Å². The first-order chi connectivity index (χ1) is 16.0. The largest absolute Gasteiger partial charge is 0.368 e. The monoisotopic (exact) mass is 485 g/mol. The number of fused-ring (bicyclic) bond motifs is 1. The number of rotatable bonds is 6. The number of ether oxygens (including phenoxy) is 1. The standard InChI is InChI=1S/C23H20FN3O4S2/c24-14-5-3-13(4-6-14)10-15(23(30)27-8-7-18-20(27)17(28)11-31-18)25-21(29)16-12-33-22(26-16)19-2-1-9-32-19/h1-6,9,12,15,18,20H,7-8,10-11H2,(H,25,29). The summed E-state index contributed by atoms with van der Waals surface area (Å²) in [6.45, 7) is 0.382. The molecule has 1 aromatic carbocycles. The number of aromatic nitrogens is 1. The zero-order chi connectivity index (χ0) is 22.9. The molecule has 2 amide bonds. The lowest BCUT2D eigenvalue weighted by atomic mass is 10.0. The van der Waals surface area contributed by atoms with Crippen molar-refractivity contribution in [3.05, 3.63) is 64.2 Å². The molecule has 0 radical (unpaired) electrons. The molecule has 2 saturated heterocycles. The quantitative estimate of drug-likeness (QED) is 0.580. The molecule has 7 nitrogen and oxygen atoms in total. The van der Waals surface area contributed by atoms with Gasteiger partial charge in [-0.2, -0.15) is 0 Å². The molecule has 2 fully saturated rings. The Balaban J connectivity index is 1.37. The number of benzene rings is 1. The Kier molecular flexibility index (Phi) is 6.05. The third kappa shape index (κ3) is 4.46. The van der Waals surface area contributed by atoms with Crippen LogP contribution in [0.5, 0.6) is 0 Å². The predicted octanol–water partition coefficient (Wildman–Crippen LogP) is 2.92. The maximum atomic E-state index is 13.5. The summed E-state index contributed by atoms with van der Waals surface area (Å²) >= 11 is 2.88. The van der Waals surface area contributed by atoms with Crippen LogP contribution in [-0.2, 0) is 20.7 Å². The number of ketones is 1. The third-order valence-corrected chi connectivity index (χ3v) is 7.70. The normalized spacial score (nSPS) is 20.6. The molecular formula is C23H20FN3O4S2. The van der Waals surface area contributed by atoms with Crippen molar-refractivity contribution in [1.82, 2.24) is 15.2 Å². The number of nitrogens with one attached hydrogen (secondary N) is 1. The SMILES string of the molecule is O=C(NC(Cc1ccc(F)cc1)C(=O)N1CCC2OCC(=O)C21)c1csc(-c2cccs2)n1. The molecule has 3 unspecified atom stereocenters. The molecule has 3 atom stereocenters. The maximum absolute atomic E-state index is 13.5. The van der Waals surface area contributed by atoms with E-state index in [1.807, 2.05) is 17.5 Å². The Morgan fingerprint density at radius 2 is 2.06 bits per heavy atom. The topological polar surface area (TPSA) is 88.6 Å². The smallest absolute Gasteiger partial charge is 0.271 e. The number of Topliss-reactive ketones (excluding diaryl/α,β-unsaturated/α-hetero) is 1. The molecule has 10 heteroatoms. The molecule has 3 aromatic rings. The van der Waals surface area contributed by atoms with Crippen molar-refractivity contribution in [1.29, 1.82) is 0 Å². The fourth-order valence-corrected chi connectivity index (χ4v) is 5.84. The van der Waals surface area contributed by atoms with E-state index >= 15 is 0 Å². The maximum Gasteiger partial charge on any atom is 0.271 e. The van der Waals surface area contributed by atoms with Gasteiger partial charge in [-0.3, -0.25) is 14.4 Å². The van der Waals surface area contributed by atoms with E-state index in [9.17, 15) is 18.8 Å². The van der Waals surface area contributed by atoms with Crippen molar-refractivity contribution in [2.45, 2.75) is 31.0 Å². The summed E-state index contributed by atoms with van der Waals surface area (Å²) in [7, 11) is 0. The highest BCUT2D eigenvalue weighted by atomic mass is 32.1. The first-order valence-corrected chi connectivity index (χ1v) is 12.2. The van der Waals surface area contributed by atoms with E-state index in [0.29, 0.717) is 18.5 Å². The van der Waals surface area contributed by atoms with E-state index in [4.69, 9.17) is 4.74 Å². The Labute approximate surface area is 197 Å². The minimum atomic E-state index is -0.929. The molecule has 5 rings (SSSR count). The number of hydrogen-bond acceptors (Lipinski definition) is 7. The summed E-state index contributed by atoms with van der Waals surface area (Å²) in [4.78, 5) is 45.7. The number of carbonyl (C=O) groups is 3. The van der Waals surface area contributed by atoms with Gasteiger partial charge in [-0.25, -0.2) is 9.37 Å². The first-order valence-electron chi connectivity index (χ1n) is 10.5. The van der Waals surface area contributed by atoms with E-state index in [2.05, 4.69) is 10.3 Å². The number of likely N-dealkylation sites (tertiary alicyclic amines) is 1. The number of hydrogen-bond donors (Lipinski definition) is 1. The lowest BCUT2D eigenvalue weighted by molar-refractivity contribution is -0.138. The minimum absolute atomic E-state index is 0.00157. The van der Waals surface area contributed by atoms with Gasteiger partial charge < -0.3 is 15.0 Å². The fraction of sp³-hybridized carbons (Fsp3) is 0.304. The summed E-state index contributed by atoms with van der Waals surface area (Å²) in [5, 5.41) is 7.12. The van der Waals surface area contributed by atoms with Crippen molar-refractivity contribution in [2.75, 3.05) is 13.2 Å². The van der Waals surface area contributed by atoms with Crippen molar-refractivity contribution in [2.24, 2.45) is 0 Å². The Bertz CT molecular complexity index is 1180. The van der Waals surface area contributed by atoms with Gasteiger partial charge in [0.15, 0.2) is 5.78 Å². The van der Waals surface area contributed by atoms with Gasteiger partial charge in [-0.05, 0) is 35.6 Å². The van der Waals surface area contributed by atoms with Gasteiger partial charge in [0.2, 0.25) is 5.91 Å². The Hall–Kier alpha value is -2.95. The zero-order valence-electron chi connectivity index (χ0n) is 17.4. The molecule has 2 aliphatic heterocycles. The second-order valence-corrected chi connectivity index (χ2v) is 9.76. The van der Waals surface area contributed by atoms with Crippen LogP contribution in [0.4, 0.5) is 4.39 Å². The highest BCUT2D eigenvalue weighted by molar-refractivity contribution is 7.20. The summed E-state index contributed by atoms with van der Waals surface area (Å²) in [5.41, 5.74) is 0.914. The van der Waals surface area contributed by atoms with Crippen LogP contribution in [0.1, 0.15) is 22.5 Å². The van der Waals surface area contributed by atoms with Crippen LogP contribution >= 0.6 is 22.7 Å². The Morgan fingerprint density at radius 1 is 1.24 bits per heavy atom. The van der Waals surface area contributed by atoms with Crippen molar-refractivity contribution < 1.29 is 23.5 Å². The second-order valence-electron chi connectivity index (χ2n) is 7.95. The van der Waals surface area contributed by atoms with Crippen LogP contribution in [0.25, 0.3) is 9.88 Å². The molecule has 170 valence electrons. The summed E-state index contributed by atoms with van der Waals surface area (Å²) in [5.74, 6) is -1.34. The number of halogens is 1. The van der Waals surface area contributed by atoms with Crippen LogP contribution < -0.4 is 5.32 Å². The van der Waals surface area contributed by atoms with Crippen LogP contribution in [0.2, 0.25) is 0 Å². The summed E-state index contributed by atoms with van der Waals surface area (Å²) < 4.78 is 18.9. The van der Waals surface area contributed by atoms with Gasteiger partial charge in [0.1, 0.15) is 35.2 Å². The van der Waals surface area contributed by atoms with Crippen LogP contribution in [0.3, 0.4) is 0 Å². The summed E-state index contributed by atoms with van der Waals surface area (Å²) in [6.07, 6.45) is 0.446. The van der Waals surface area contributed by atoms with Crippen molar-refractivity contribution in [3.63, 3.8) is 0 Å². The van der Waals surface area contributed by atoms with Gasteiger partial charge >= 0.3 is 0 Å². The van der Waals surface area contributed by atoms with Crippen LogP contribution in [-0.4, -0.2) is 58.8 Å². The first kappa shape index (κ1) is 21.9. The van der Waals surface area contributed by atoms with Crippen LogP contribution in [0, 0.1) is 5.82 Å². The molecule has 1 N–H and O–H groups in total. The average Bonchev–Trinajstić information content (AvgIpc) is 3.60. The lowest BCUT2D eigenvalue weighted by Crippen LogP contribution is -2.53. The number of nitrogens with zero attached hydrogens (tertiary/aromatic N) is 2. The highest BCUT2D eigenvalue weighted by Gasteiger charge is 2.48. The van der Waals surface area contributed by atoms with Gasteiger partial charge in [-0.1, -0.05) is 18.2 Å². The number of amides is 2. The van der Waals surface area contributed by atoms with Gasteiger partial charge in [0, 0.05) is 18.3 Å². The average molecular weight is 486 g/mol. The number of carbonyl (C=O) groups excluding carboxylic acids is 3. The molecular weight excluding hydrogens is 465 g/mol. The second kappa shape index (κ2) is 9.12. The molecule has 0 spiro atoms. The van der Waals surface area contributed by atoms with Gasteiger partial charge in [-0.15, -0.1) is 22.7 Å². The van der Waals surface area contributed by atoms with Gasteiger partial charge in [0.05, 0.1) is 11.0 Å². The molecule has 0 aliphatic carbocycles. The molecule has 0 saturated carbocycles. The number of thiophene rings is 1. The zero-order valence-corrected chi connectivity index (χ0v) is 19.0. The van der Waals surface area contributed by atoms with E-state index in [1.165, 1.54) is 39.7 Å².